The molecule has 0 atom stereocenters. The van der Waals surface area contributed by atoms with E-state index >= 15 is 0 Å². The number of ketones is 1. The quantitative estimate of drug-likeness (QED) is 0.541. The maximum Gasteiger partial charge on any atom is 0.447 e. The van der Waals surface area contributed by atoms with Crippen LogP contribution < -0.4 is 10.1 Å². The third-order valence-electron chi connectivity index (χ3n) is 3.37. The zero-order valence-electron chi connectivity index (χ0n) is 14.0. The molecule has 0 heterocycles. The van der Waals surface area contributed by atoms with Crippen LogP contribution in [0.1, 0.15) is 10.4 Å². The number of amides is 1. The van der Waals surface area contributed by atoms with Gasteiger partial charge in [0.25, 0.3) is 0 Å². The van der Waals surface area contributed by atoms with E-state index in [1.807, 2.05) is 0 Å². The Balaban J connectivity index is 2.04. The van der Waals surface area contributed by atoms with Gasteiger partial charge < -0.3 is 10.1 Å². The van der Waals surface area contributed by atoms with Crippen LogP contribution in [0.3, 0.4) is 0 Å². The van der Waals surface area contributed by atoms with Crippen molar-refractivity contribution < 1.29 is 35.7 Å². The predicted octanol–water partition coefficient (Wildman–Crippen LogP) is 2.46. The molecule has 1 amide bonds. The third-order valence-corrected chi connectivity index (χ3v) is 4.61. The smallest absolute Gasteiger partial charge is 0.447 e. The van der Waals surface area contributed by atoms with Gasteiger partial charge in [-0.05, 0) is 36.4 Å². The van der Waals surface area contributed by atoms with E-state index in [1.54, 1.807) is 11.4 Å². The Morgan fingerprint density at radius 2 is 1.63 bits per heavy atom. The van der Waals surface area contributed by atoms with Crippen molar-refractivity contribution in [3.05, 3.63) is 60.2 Å². The van der Waals surface area contributed by atoms with E-state index in [-0.39, 0.29) is 11.3 Å². The first-order valence-corrected chi connectivity index (χ1v) is 8.89. The van der Waals surface area contributed by atoms with Crippen molar-refractivity contribution in [2.75, 3.05) is 19.0 Å². The Morgan fingerprint density at radius 3 is 2.19 bits per heavy atom. The number of Topliss-reactive ketones (excluding diaryl/α,β-unsaturated/α-hetero) is 1. The van der Waals surface area contributed by atoms with Gasteiger partial charge in [-0.1, -0.05) is 18.2 Å². The second-order valence-corrected chi connectivity index (χ2v) is 6.86. The lowest BCUT2D eigenvalue weighted by atomic mass is 10.1. The van der Waals surface area contributed by atoms with Crippen LogP contribution in [0, 0.1) is 0 Å². The lowest BCUT2D eigenvalue weighted by Crippen LogP contribution is -2.43. The molecule has 0 aliphatic rings. The molecular weight excluding hydrogens is 384 g/mol. The van der Waals surface area contributed by atoms with Gasteiger partial charge in [0.05, 0.1) is 7.11 Å². The zero-order chi connectivity index (χ0) is 20.1. The SMILES string of the molecule is COc1ccc(C(=O)COS(=O)(=O)C(F)(F)C(=O)Nc2ccccc2)cc1. The number of para-hydroxylation sites is 1. The van der Waals surface area contributed by atoms with E-state index in [0.717, 1.165) is 0 Å². The summed E-state index contributed by atoms with van der Waals surface area (Å²) in [6.45, 7) is -1.18. The number of hydrogen-bond acceptors (Lipinski definition) is 6. The Morgan fingerprint density at radius 1 is 1.04 bits per heavy atom. The summed E-state index contributed by atoms with van der Waals surface area (Å²) >= 11 is 0. The molecule has 7 nitrogen and oxygen atoms in total. The van der Waals surface area contributed by atoms with Crippen molar-refractivity contribution in [1.29, 1.82) is 0 Å². The number of methoxy groups -OCH3 is 1. The molecule has 27 heavy (non-hydrogen) atoms. The second kappa shape index (κ2) is 8.23. The van der Waals surface area contributed by atoms with Crippen LogP contribution in [0.25, 0.3) is 0 Å². The van der Waals surface area contributed by atoms with Crippen LogP contribution in [0.5, 0.6) is 5.75 Å². The highest BCUT2D eigenvalue weighted by molar-refractivity contribution is 7.88. The maximum atomic E-state index is 14.0. The number of carbonyl (C=O) groups excluding carboxylic acids is 2. The summed E-state index contributed by atoms with van der Waals surface area (Å²) in [7, 11) is -4.27. The molecule has 0 saturated carbocycles. The number of anilines is 1. The van der Waals surface area contributed by atoms with Gasteiger partial charge in [-0.3, -0.25) is 13.8 Å². The molecular formula is C17H15F2NO6S. The van der Waals surface area contributed by atoms with Gasteiger partial charge in [0.15, 0.2) is 5.78 Å². The predicted molar refractivity (Wildman–Crippen MR) is 92.2 cm³/mol. The fourth-order valence-electron chi connectivity index (χ4n) is 1.90. The summed E-state index contributed by atoms with van der Waals surface area (Å²) in [4.78, 5) is 23.6. The number of rotatable bonds is 8. The van der Waals surface area contributed by atoms with Gasteiger partial charge in [0.1, 0.15) is 12.4 Å². The van der Waals surface area contributed by atoms with Gasteiger partial charge in [-0.15, -0.1) is 0 Å². The Labute approximate surface area is 154 Å². The first-order valence-electron chi connectivity index (χ1n) is 7.48. The largest absolute Gasteiger partial charge is 0.497 e. The van der Waals surface area contributed by atoms with E-state index in [9.17, 15) is 26.8 Å². The van der Waals surface area contributed by atoms with Crippen LogP contribution in [0.2, 0.25) is 0 Å². The first-order chi connectivity index (χ1) is 12.7. The number of benzene rings is 2. The molecule has 0 saturated heterocycles. The molecule has 1 N–H and O–H groups in total. The summed E-state index contributed by atoms with van der Waals surface area (Å²) in [5.74, 6) is -2.50. The number of ether oxygens (including phenoxy) is 1. The van der Waals surface area contributed by atoms with Crippen molar-refractivity contribution in [3.63, 3.8) is 0 Å². The lowest BCUT2D eigenvalue weighted by Gasteiger charge is -2.16. The molecule has 2 rings (SSSR count). The Hall–Kier alpha value is -2.85. The van der Waals surface area contributed by atoms with Gasteiger partial charge in [-0.25, -0.2) is 0 Å². The minimum Gasteiger partial charge on any atom is -0.497 e. The van der Waals surface area contributed by atoms with Crippen LogP contribution in [0.4, 0.5) is 14.5 Å². The van der Waals surface area contributed by atoms with Gasteiger partial charge >= 0.3 is 21.3 Å². The zero-order valence-corrected chi connectivity index (χ0v) is 14.8. The highest BCUT2D eigenvalue weighted by Gasteiger charge is 2.54. The third kappa shape index (κ3) is 4.86. The molecule has 2 aromatic carbocycles. The maximum absolute atomic E-state index is 14.0. The highest BCUT2D eigenvalue weighted by Crippen LogP contribution is 2.26. The Kier molecular flexibility index (Phi) is 6.24. The van der Waals surface area contributed by atoms with E-state index in [2.05, 4.69) is 4.18 Å². The molecule has 0 fully saturated rings. The minimum atomic E-state index is -5.69. The van der Waals surface area contributed by atoms with E-state index in [0.29, 0.717) is 5.75 Å². The van der Waals surface area contributed by atoms with Crippen molar-refractivity contribution >= 4 is 27.5 Å². The lowest BCUT2D eigenvalue weighted by molar-refractivity contribution is -0.130. The Bertz CT molecular complexity index is 914. The molecule has 0 bridgehead atoms. The number of carbonyl (C=O) groups is 2. The fraction of sp³-hybridized carbons (Fsp3) is 0.176. The van der Waals surface area contributed by atoms with E-state index in [4.69, 9.17) is 4.74 Å². The molecule has 0 unspecified atom stereocenters. The summed E-state index contributed by atoms with van der Waals surface area (Å²) in [5.41, 5.74) is 0.00902. The average Bonchev–Trinajstić information content (AvgIpc) is 2.66. The molecule has 144 valence electrons. The number of nitrogens with one attached hydrogen (secondary N) is 1. The number of hydrogen-bond donors (Lipinski definition) is 1. The summed E-state index contributed by atoms with van der Waals surface area (Å²) in [6.07, 6.45) is 0. The monoisotopic (exact) mass is 399 g/mol. The average molecular weight is 399 g/mol. The van der Waals surface area contributed by atoms with Gasteiger partial charge in [0, 0.05) is 11.3 Å². The summed E-state index contributed by atoms with van der Waals surface area (Å²) < 4.78 is 60.4. The van der Waals surface area contributed by atoms with Crippen LogP contribution in [0.15, 0.2) is 54.6 Å². The van der Waals surface area contributed by atoms with Crippen molar-refractivity contribution in [2.45, 2.75) is 5.25 Å². The molecule has 2 aromatic rings. The molecule has 10 heteroatoms. The first kappa shape index (κ1) is 20.5. The van der Waals surface area contributed by atoms with Crippen molar-refractivity contribution in [1.82, 2.24) is 0 Å². The van der Waals surface area contributed by atoms with Crippen LogP contribution in [-0.2, 0) is 19.1 Å². The molecule has 0 aliphatic heterocycles. The molecule has 0 radical (unpaired) electrons. The van der Waals surface area contributed by atoms with Gasteiger partial charge in [-0.2, -0.15) is 17.2 Å². The van der Waals surface area contributed by atoms with Gasteiger partial charge in [0.2, 0.25) is 0 Å². The summed E-state index contributed by atoms with van der Waals surface area (Å²) in [5, 5.41) is -3.11. The van der Waals surface area contributed by atoms with Crippen molar-refractivity contribution in [2.24, 2.45) is 0 Å². The minimum absolute atomic E-state index is 0.0216. The number of halogens is 2. The van der Waals surface area contributed by atoms with E-state index in [1.165, 1.54) is 55.6 Å². The van der Waals surface area contributed by atoms with Crippen molar-refractivity contribution in [3.8, 4) is 5.75 Å². The van der Waals surface area contributed by atoms with E-state index < -0.39 is 33.7 Å². The van der Waals surface area contributed by atoms with Crippen LogP contribution in [-0.4, -0.2) is 39.1 Å². The summed E-state index contributed by atoms with van der Waals surface area (Å²) in [6, 6.07) is 12.6. The second-order valence-electron chi connectivity index (χ2n) is 5.20. The molecule has 0 aromatic heterocycles. The normalized spacial score (nSPS) is 11.7. The number of alkyl halides is 2. The highest BCUT2D eigenvalue weighted by atomic mass is 32.2. The molecule has 0 aliphatic carbocycles. The topological polar surface area (TPSA) is 98.8 Å². The fourth-order valence-corrected chi connectivity index (χ4v) is 2.59. The standard InChI is InChI=1S/C17H15F2NO6S/c1-25-14-9-7-12(8-10-14)15(21)11-26-27(23,24)17(18,19)16(22)20-13-5-3-2-4-6-13/h2-10H,11H2,1H3,(H,20,22). The molecule has 0 spiro atoms. The van der Waals surface area contributed by atoms with Crippen LogP contribution >= 0.6 is 0 Å².